The predicted octanol–water partition coefficient (Wildman–Crippen LogP) is 1.46. The summed E-state index contributed by atoms with van der Waals surface area (Å²) in [6.07, 6.45) is 3.70. The van der Waals surface area contributed by atoms with Gasteiger partial charge in [0.05, 0.1) is 6.10 Å². The number of nitrogens with zero attached hydrogens (tertiary/aromatic N) is 1. The average Bonchev–Trinajstić information content (AvgIpc) is 2.59. The fourth-order valence-corrected chi connectivity index (χ4v) is 3.54. The second-order valence-electron chi connectivity index (χ2n) is 7.27. The van der Waals surface area contributed by atoms with Crippen molar-refractivity contribution in [2.75, 3.05) is 26.2 Å². The van der Waals surface area contributed by atoms with Crippen LogP contribution in [0.1, 0.15) is 43.8 Å². The van der Waals surface area contributed by atoms with Gasteiger partial charge in [-0.15, -0.1) is 0 Å². The Hall–Kier alpha value is -1.43. The third-order valence-corrected chi connectivity index (χ3v) is 5.48. The maximum absolute atomic E-state index is 12.0. The first kappa shape index (κ1) is 17.4. The Morgan fingerprint density at radius 1 is 1.25 bits per heavy atom. The van der Waals surface area contributed by atoms with E-state index in [9.17, 15) is 15.0 Å². The van der Waals surface area contributed by atoms with Crippen LogP contribution in [-0.2, 0) is 4.79 Å². The largest absolute Gasteiger partial charge is 0.387 e. The van der Waals surface area contributed by atoms with Gasteiger partial charge in [-0.25, -0.2) is 0 Å². The molecule has 132 valence electrons. The molecule has 1 saturated carbocycles. The molecule has 2 fully saturated rings. The Labute approximate surface area is 143 Å². The number of carbonyl (C=O) groups excluding carboxylic acids is 1. The molecule has 1 saturated heterocycles. The summed E-state index contributed by atoms with van der Waals surface area (Å²) in [4.78, 5) is 14.2. The van der Waals surface area contributed by atoms with Gasteiger partial charge < -0.3 is 20.4 Å². The fourth-order valence-electron chi connectivity index (χ4n) is 3.54. The highest BCUT2D eigenvalue weighted by atomic mass is 16.3. The van der Waals surface area contributed by atoms with E-state index >= 15 is 0 Å². The Morgan fingerprint density at radius 3 is 2.50 bits per heavy atom. The van der Waals surface area contributed by atoms with E-state index < -0.39 is 11.7 Å². The summed E-state index contributed by atoms with van der Waals surface area (Å²) in [6, 6.07) is 9.76. The number of amides is 1. The summed E-state index contributed by atoms with van der Waals surface area (Å²) in [5.41, 5.74) is -0.138. The summed E-state index contributed by atoms with van der Waals surface area (Å²) in [6.45, 7) is 3.18. The number of piperidine rings is 1. The van der Waals surface area contributed by atoms with Crippen LogP contribution in [0, 0.1) is 5.92 Å². The number of β-amino-alcohol motifs (C(OH)–C–C–N with tert-alkyl or cyclic N) is 1. The van der Waals surface area contributed by atoms with Gasteiger partial charge >= 0.3 is 0 Å². The van der Waals surface area contributed by atoms with Gasteiger partial charge in [0, 0.05) is 13.1 Å². The molecule has 3 N–H and O–H groups in total. The molecular weight excluding hydrogens is 304 g/mol. The van der Waals surface area contributed by atoms with Crippen molar-refractivity contribution in [3.63, 3.8) is 0 Å². The molecule has 1 aromatic rings. The van der Waals surface area contributed by atoms with E-state index in [-0.39, 0.29) is 5.91 Å². The van der Waals surface area contributed by atoms with Gasteiger partial charge in [0.25, 0.3) is 5.91 Å². The predicted molar refractivity (Wildman–Crippen MR) is 92.4 cm³/mol. The van der Waals surface area contributed by atoms with Crippen LogP contribution in [0.25, 0.3) is 0 Å². The highest BCUT2D eigenvalue weighted by Crippen LogP contribution is 2.31. The Morgan fingerprint density at radius 2 is 1.92 bits per heavy atom. The van der Waals surface area contributed by atoms with Gasteiger partial charge in [-0.3, -0.25) is 4.79 Å². The minimum atomic E-state index is -1.10. The molecule has 2 aliphatic rings. The molecule has 0 spiro atoms. The smallest absolute Gasteiger partial charge is 0.251 e. The molecule has 1 aliphatic heterocycles. The van der Waals surface area contributed by atoms with Crippen molar-refractivity contribution in [3.05, 3.63) is 35.9 Å². The molecule has 1 aromatic carbocycles. The molecule has 0 unspecified atom stereocenters. The quantitative estimate of drug-likeness (QED) is 0.737. The first-order chi connectivity index (χ1) is 11.6. The van der Waals surface area contributed by atoms with E-state index in [4.69, 9.17) is 0 Å². The number of aliphatic hydroxyl groups excluding tert-OH is 1. The molecule has 0 aromatic heterocycles. The third kappa shape index (κ3) is 4.15. The maximum atomic E-state index is 12.0. The summed E-state index contributed by atoms with van der Waals surface area (Å²) >= 11 is 0. The van der Waals surface area contributed by atoms with Gasteiger partial charge in [0.2, 0.25) is 0 Å². The first-order valence-electron chi connectivity index (χ1n) is 9.03. The molecule has 1 heterocycles. The summed E-state index contributed by atoms with van der Waals surface area (Å²) in [5.74, 6) is 0.262. The van der Waals surface area contributed by atoms with Crippen LogP contribution in [0.5, 0.6) is 0 Å². The summed E-state index contributed by atoms with van der Waals surface area (Å²) in [5, 5.41) is 23.2. The van der Waals surface area contributed by atoms with Crippen molar-refractivity contribution in [1.29, 1.82) is 0 Å². The van der Waals surface area contributed by atoms with E-state index in [2.05, 4.69) is 10.2 Å². The van der Waals surface area contributed by atoms with Crippen molar-refractivity contribution in [2.24, 2.45) is 5.92 Å². The summed E-state index contributed by atoms with van der Waals surface area (Å²) < 4.78 is 0. The standard InChI is InChI=1S/C19H28N2O3/c22-17(16-5-2-1-3-6-16)14-21-11-7-15(8-12-21)13-20-18(23)19(24)9-4-10-19/h1-3,5-6,15,17,22,24H,4,7-14H2,(H,20,23)/t17-/m0/s1. The molecule has 0 bridgehead atoms. The maximum Gasteiger partial charge on any atom is 0.251 e. The SMILES string of the molecule is O=C(NCC1CCN(C[C@H](O)c2ccccc2)CC1)C1(O)CCC1. The summed E-state index contributed by atoms with van der Waals surface area (Å²) in [7, 11) is 0. The number of aliphatic hydroxyl groups is 2. The lowest BCUT2D eigenvalue weighted by molar-refractivity contribution is -0.148. The number of hydrogen-bond donors (Lipinski definition) is 3. The molecule has 1 aliphatic carbocycles. The molecule has 0 radical (unpaired) electrons. The molecule has 1 amide bonds. The van der Waals surface area contributed by atoms with Gasteiger partial charge in [-0.1, -0.05) is 30.3 Å². The van der Waals surface area contributed by atoms with Gasteiger partial charge in [0.1, 0.15) is 5.60 Å². The molecule has 5 heteroatoms. The number of carbonyl (C=O) groups is 1. The zero-order valence-electron chi connectivity index (χ0n) is 14.2. The van der Waals surface area contributed by atoms with Crippen LogP contribution in [-0.4, -0.2) is 52.8 Å². The lowest BCUT2D eigenvalue weighted by Gasteiger charge is -2.36. The number of likely N-dealkylation sites (tertiary alicyclic amines) is 1. The highest BCUT2D eigenvalue weighted by Gasteiger charge is 2.41. The van der Waals surface area contributed by atoms with E-state index in [0.29, 0.717) is 31.8 Å². The van der Waals surface area contributed by atoms with E-state index in [1.165, 1.54) is 0 Å². The van der Waals surface area contributed by atoms with E-state index in [1.807, 2.05) is 30.3 Å². The van der Waals surface area contributed by atoms with Gasteiger partial charge in [-0.05, 0) is 56.7 Å². The first-order valence-corrected chi connectivity index (χ1v) is 9.03. The fraction of sp³-hybridized carbons (Fsp3) is 0.632. The van der Waals surface area contributed by atoms with Gasteiger partial charge in [-0.2, -0.15) is 0 Å². The van der Waals surface area contributed by atoms with Crippen LogP contribution >= 0.6 is 0 Å². The zero-order valence-corrected chi connectivity index (χ0v) is 14.2. The number of rotatable bonds is 6. The van der Waals surface area contributed by atoms with Crippen LogP contribution in [0.2, 0.25) is 0 Å². The van der Waals surface area contributed by atoms with Crippen LogP contribution in [0.15, 0.2) is 30.3 Å². The van der Waals surface area contributed by atoms with Crippen molar-refractivity contribution in [3.8, 4) is 0 Å². The second-order valence-corrected chi connectivity index (χ2v) is 7.27. The Bertz CT molecular complexity index is 537. The average molecular weight is 332 g/mol. The van der Waals surface area contributed by atoms with Crippen LogP contribution < -0.4 is 5.32 Å². The molecule has 5 nitrogen and oxygen atoms in total. The highest BCUT2D eigenvalue weighted by molar-refractivity contribution is 5.85. The minimum Gasteiger partial charge on any atom is -0.387 e. The molecule has 1 atom stereocenters. The van der Waals surface area contributed by atoms with Crippen molar-refractivity contribution in [1.82, 2.24) is 10.2 Å². The normalized spacial score (nSPS) is 22.6. The zero-order chi connectivity index (χ0) is 17.0. The Balaban J connectivity index is 1.37. The monoisotopic (exact) mass is 332 g/mol. The molecular formula is C19H28N2O3. The number of benzene rings is 1. The van der Waals surface area contributed by atoms with Crippen LogP contribution in [0.4, 0.5) is 0 Å². The van der Waals surface area contributed by atoms with Crippen molar-refractivity contribution in [2.45, 2.75) is 43.8 Å². The lowest BCUT2D eigenvalue weighted by Crippen LogP contribution is -2.53. The number of hydrogen-bond acceptors (Lipinski definition) is 4. The van der Waals surface area contributed by atoms with Crippen molar-refractivity contribution < 1.29 is 15.0 Å². The third-order valence-electron chi connectivity index (χ3n) is 5.48. The molecule has 24 heavy (non-hydrogen) atoms. The van der Waals surface area contributed by atoms with E-state index in [1.54, 1.807) is 0 Å². The topological polar surface area (TPSA) is 72.8 Å². The Kier molecular flexibility index (Phi) is 5.54. The molecule has 3 rings (SSSR count). The lowest BCUT2D eigenvalue weighted by atomic mass is 9.79. The van der Waals surface area contributed by atoms with Gasteiger partial charge in [0.15, 0.2) is 0 Å². The number of nitrogens with one attached hydrogen (secondary N) is 1. The van der Waals surface area contributed by atoms with Crippen molar-refractivity contribution >= 4 is 5.91 Å². The van der Waals surface area contributed by atoms with E-state index in [0.717, 1.165) is 37.9 Å². The second kappa shape index (κ2) is 7.64. The minimum absolute atomic E-state index is 0.198. The van der Waals surface area contributed by atoms with Crippen LogP contribution in [0.3, 0.4) is 0 Å².